The average molecular weight is 218 g/mol. The molecule has 2 aromatic heterocycles. The van der Waals surface area contributed by atoms with Gasteiger partial charge in [0, 0.05) is 12.6 Å². The normalized spacial score (nSPS) is 10.4. The molecule has 0 aliphatic rings. The van der Waals surface area contributed by atoms with E-state index in [1.807, 2.05) is 13.0 Å². The van der Waals surface area contributed by atoms with Crippen LogP contribution in [0.3, 0.4) is 0 Å². The summed E-state index contributed by atoms with van der Waals surface area (Å²) in [4.78, 5) is 12.5. The van der Waals surface area contributed by atoms with Gasteiger partial charge in [-0.05, 0) is 13.3 Å². The van der Waals surface area contributed by atoms with Crippen LogP contribution in [-0.4, -0.2) is 31.3 Å². The van der Waals surface area contributed by atoms with Crippen LogP contribution in [0.4, 0.5) is 5.82 Å². The highest BCUT2D eigenvalue weighted by atomic mass is 15.3. The molecule has 0 saturated heterocycles. The Morgan fingerprint density at radius 2 is 2.25 bits per heavy atom. The molecule has 6 heteroatoms. The first kappa shape index (κ1) is 10.5. The molecule has 16 heavy (non-hydrogen) atoms. The van der Waals surface area contributed by atoms with Gasteiger partial charge in [0.15, 0.2) is 5.82 Å². The van der Waals surface area contributed by atoms with Gasteiger partial charge in [0.1, 0.15) is 24.3 Å². The molecule has 0 atom stereocenters. The summed E-state index contributed by atoms with van der Waals surface area (Å²) in [5.74, 6) is 2.26. The van der Waals surface area contributed by atoms with E-state index in [9.17, 15) is 0 Å². The minimum Gasteiger partial charge on any atom is -0.370 e. The second-order valence-corrected chi connectivity index (χ2v) is 3.43. The maximum atomic E-state index is 4.30. The van der Waals surface area contributed by atoms with E-state index in [0.717, 1.165) is 24.6 Å². The molecular weight excluding hydrogens is 204 g/mol. The number of aromatic nitrogens is 5. The van der Waals surface area contributed by atoms with Crippen molar-refractivity contribution in [2.24, 2.45) is 0 Å². The van der Waals surface area contributed by atoms with Gasteiger partial charge in [-0.15, -0.1) is 0 Å². The molecule has 2 rings (SSSR count). The molecule has 2 aromatic rings. The first-order chi connectivity index (χ1) is 7.79. The molecule has 0 aromatic carbocycles. The minimum absolute atomic E-state index is 0.714. The third-order valence-corrected chi connectivity index (χ3v) is 2.03. The zero-order valence-corrected chi connectivity index (χ0v) is 9.38. The molecular formula is C10H14N6. The number of rotatable bonds is 4. The molecule has 1 N–H and O–H groups in total. The van der Waals surface area contributed by atoms with Gasteiger partial charge in [-0.1, -0.05) is 6.92 Å². The van der Waals surface area contributed by atoms with Gasteiger partial charge in [0.2, 0.25) is 0 Å². The fourth-order valence-electron chi connectivity index (χ4n) is 1.34. The van der Waals surface area contributed by atoms with Crippen molar-refractivity contribution in [3.05, 3.63) is 24.5 Å². The SMILES string of the molecule is CCCNc1cc(-n2cncn2)nc(C)n1. The van der Waals surface area contributed by atoms with Crippen LogP contribution < -0.4 is 5.32 Å². The van der Waals surface area contributed by atoms with E-state index in [2.05, 4.69) is 32.3 Å². The standard InChI is InChI=1S/C10H14N6/c1-3-4-12-9-5-10(15-8(2)14-9)16-7-11-6-13-16/h5-7H,3-4H2,1-2H3,(H,12,14,15). The molecule has 0 saturated carbocycles. The van der Waals surface area contributed by atoms with Crippen LogP contribution in [0.15, 0.2) is 18.7 Å². The molecule has 0 aliphatic carbocycles. The highest BCUT2D eigenvalue weighted by Crippen LogP contribution is 2.09. The van der Waals surface area contributed by atoms with Gasteiger partial charge in [0.25, 0.3) is 0 Å². The Kier molecular flexibility index (Phi) is 3.09. The number of anilines is 1. The summed E-state index contributed by atoms with van der Waals surface area (Å²) in [5.41, 5.74) is 0. The number of hydrogen-bond acceptors (Lipinski definition) is 5. The second kappa shape index (κ2) is 4.69. The van der Waals surface area contributed by atoms with Gasteiger partial charge in [-0.2, -0.15) is 5.10 Å². The Morgan fingerprint density at radius 3 is 2.94 bits per heavy atom. The maximum absolute atomic E-state index is 4.30. The number of hydrogen-bond donors (Lipinski definition) is 1. The van der Waals surface area contributed by atoms with Crippen LogP contribution >= 0.6 is 0 Å². The fourth-order valence-corrected chi connectivity index (χ4v) is 1.34. The summed E-state index contributed by atoms with van der Waals surface area (Å²) in [6.45, 7) is 4.87. The van der Waals surface area contributed by atoms with Crippen molar-refractivity contribution in [3.8, 4) is 5.82 Å². The molecule has 0 spiro atoms. The lowest BCUT2D eigenvalue weighted by molar-refractivity contribution is 0.825. The first-order valence-corrected chi connectivity index (χ1v) is 5.24. The fraction of sp³-hybridized carbons (Fsp3) is 0.400. The van der Waals surface area contributed by atoms with Gasteiger partial charge in [-0.25, -0.2) is 19.6 Å². The quantitative estimate of drug-likeness (QED) is 0.834. The van der Waals surface area contributed by atoms with Crippen molar-refractivity contribution >= 4 is 5.82 Å². The number of nitrogens with one attached hydrogen (secondary N) is 1. The van der Waals surface area contributed by atoms with Crippen LogP contribution in [-0.2, 0) is 0 Å². The van der Waals surface area contributed by atoms with Crippen molar-refractivity contribution in [1.29, 1.82) is 0 Å². The Bertz CT molecular complexity index is 450. The summed E-state index contributed by atoms with van der Waals surface area (Å²) in [7, 11) is 0. The van der Waals surface area contributed by atoms with E-state index >= 15 is 0 Å². The van der Waals surface area contributed by atoms with E-state index in [0.29, 0.717) is 5.82 Å². The predicted molar refractivity (Wildman–Crippen MR) is 60.5 cm³/mol. The molecule has 0 amide bonds. The molecule has 84 valence electrons. The smallest absolute Gasteiger partial charge is 0.160 e. The van der Waals surface area contributed by atoms with E-state index in [1.165, 1.54) is 6.33 Å². The molecule has 0 unspecified atom stereocenters. The monoisotopic (exact) mass is 218 g/mol. The topological polar surface area (TPSA) is 68.5 Å². The van der Waals surface area contributed by atoms with E-state index in [4.69, 9.17) is 0 Å². The largest absolute Gasteiger partial charge is 0.370 e. The average Bonchev–Trinajstić information content (AvgIpc) is 2.79. The van der Waals surface area contributed by atoms with Crippen molar-refractivity contribution in [2.75, 3.05) is 11.9 Å². The van der Waals surface area contributed by atoms with E-state index < -0.39 is 0 Å². The summed E-state index contributed by atoms with van der Waals surface area (Å²) in [6.07, 6.45) is 4.16. The lowest BCUT2D eigenvalue weighted by Crippen LogP contribution is -2.07. The number of nitrogens with zero attached hydrogens (tertiary/aromatic N) is 5. The summed E-state index contributed by atoms with van der Waals surface area (Å²) >= 11 is 0. The molecule has 0 fully saturated rings. The minimum atomic E-state index is 0.714. The highest BCUT2D eigenvalue weighted by Gasteiger charge is 2.03. The Morgan fingerprint density at radius 1 is 1.38 bits per heavy atom. The predicted octanol–water partition coefficient (Wildman–Crippen LogP) is 1.19. The highest BCUT2D eigenvalue weighted by molar-refractivity contribution is 5.40. The molecule has 0 aliphatic heterocycles. The Hall–Kier alpha value is -1.98. The van der Waals surface area contributed by atoms with Crippen LogP contribution in [0, 0.1) is 6.92 Å². The van der Waals surface area contributed by atoms with E-state index in [1.54, 1.807) is 11.0 Å². The third kappa shape index (κ3) is 2.33. The lowest BCUT2D eigenvalue weighted by atomic mass is 10.4. The van der Waals surface area contributed by atoms with Crippen molar-refractivity contribution < 1.29 is 0 Å². The summed E-state index contributed by atoms with van der Waals surface area (Å²) in [6, 6.07) is 1.86. The third-order valence-electron chi connectivity index (χ3n) is 2.03. The van der Waals surface area contributed by atoms with Crippen LogP contribution in [0.2, 0.25) is 0 Å². The van der Waals surface area contributed by atoms with Crippen molar-refractivity contribution in [3.63, 3.8) is 0 Å². The van der Waals surface area contributed by atoms with Crippen LogP contribution in [0.5, 0.6) is 0 Å². The molecule has 0 bridgehead atoms. The van der Waals surface area contributed by atoms with Crippen molar-refractivity contribution in [1.82, 2.24) is 24.7 Å². The van der Waals surface area contributed by atoms with Crippen LogP contribution in [0.25, 0.3) is 5.82 Å². The lowest BCUT2D eigenvalue weighted by Gasteiger charge is -2.06. The van der Waals surface area contributed by atoms with Crippen LogP contribution in [0.1, 0.15) is 19.2 Å². The molecule has 0 radical (unpaired) electrons. The summed E-state index contributed by atoms with van der Waals surface area (Å²) in [5, 5.41) is 7.26. The Labute approximate surface area is 93.8 Å². The van der Waals surface area contributed by atoms with Gasteiger partial charge >= 0.3 is 0 Å². The van der Waals surface area contributed by atoms with E-state index in [-0.39, 0.29) is 0 Å². The molecule has 2 heterocycles. The maximum Gasteiger partial charge on any atom is 0.160 e. The Balaban J connectivity index is 2.29. The second-order valence-electron chi connectivity index (χ2n) is 3.43. The van der Waals surface area contributed by atoms with Gasteiger partial charge < -0.3 is 5.32 Å². The van der Waals surface area contributed by atoms with Crippen molar-refractivity contribution in [2.45, 2.75) is 20.3 Å². The van der Waals surface area contributed by atoms with Gasteiger partial charge in [0.05, 0.1) is 0 Å². The zero-order valence-electron chi connectivity index (χ0n) is 9.38. The van der Waals surface area contributed by atoms with Gasteiger partial charge in [-0.3, -0.25) is 0 Å². The molecule has 6 nitrogen and oxygen atoms in total. The summed E-state index contributed by atoms with van der Waals surface area (Å²) < 4.78 is 1.62. The number of aryl methyl sites for hydroxylation is 1. The first-order valence-electron chi connectivity index (χ1n) is 5.24. The zero-order chi connectivity index (χ0) is 11.4.